The van der Waals surface area contributed by atoms with Gasteiger partial charge in [0.25, 0.3) is 0 Å². The fourth-order valence-corrected chi connectivity index (χ4v) is 1.49. The van der Waals surface area contributed by atoms with Crippen LogP contribution in [0.1, 0.15) is 5.56 Å². The van der Waals surface area contributed by atoms with Crippen molar-refractivity contribution in [2.45, 2.75) is 6.92 Å². The predicted molar refractivity (Wildman–Crippen MR) is 52.6 cm³/mol. The first kappa shape index (κ1) is 7.09. The molecule has 0 amide bonds. The zero-order valence-corrected chi connectivity index (χ0v) is 8.24. The van der Waals surface area contributed by atoms with Crippen LogP contribution in [0.2, 0.25) is 0 Å². The number of halogens is 1. The second-order valence-corrected chi connectivity index (χ2v) is 3.67. The third-order valence-electron chi connectivity index (χ3n) is 1.67. The highest BCUT2D eigenvalue weighted by molar-refractivity contribution is 14.1. The van der Waals surface area contributed by atoms with E-state index in [0.717, 1.165) is 5.52 Å². The molecule has 2 aromatic heterocycles. The molecule has 0 saturated carbocycles. The van der Waals surface area contributed by atoms with Gasteiger partial charge in [-0.1, -0.05) is 0 Å². The number of fused-ring (bicyclic) bond motifs is 1. The first-order valence-corrected chi connectivity index (χ1v) is 4.45. The molecule has 3 heteroatoms. The topological polar surface area (TPSA) is 17.3 Å². The molecule has 11 heavy (non-hydrogen) atoms. The molecule has 0 atom stereocenters. The van der Waals surface area contributed by atoms with Gasteiger partial charge in [-0.3, -0.25) is 0 Å². The largest absolute Gasteiger partial charge is 0.241 e. The molecule has 0 saturated heterocycles. The van der Waals surface area contributed by atoms with Crippen LogP contribution in [0.4, 0.5) is 0 Å². The average Bonchev–Trinajstić information content (AvgIpc) is 2.36. The number of rotatable bonds is 0. The quantitative estimate of drug-likeness (QED) is 0.662. The third-order valence-corrected chi connectivity index (χ3v) is 2.83. The zero-order valence-electron chi connectivity index (χ0n) is 6.08. The van der Waals surface area contributed by atoms with Crippen LogP contribution < -0.4 is 0 Å². The molecule has 0 bridgehead atoms. The van der Waals surface area contributed by atoms with E-state index in [-0.39, 0.29) is 0 Å². The fraction of sp³-hybridized carbons (Fsp3) is 0.125. The number of aromatic nitrogens is 2. The van der Waals surface area contributed by atoms with Crippen LogP contribution in [0, 0.1) is 10.5 Å². The normalized spacial score (nSPS) is 10.7. The lowest BCUT2D eigenvalue weighted by Crippen LogP contribution is -1.89. The van der Waals surface area contributed by atoms with Crippen molar-refractivity contribution in [3.05, 3.63) is 33.7 Å². The molecule has 2 heterocycles. The summed E-state index contributed by atoms with van der Waals surface area (Å²) in [5.41, 5.74) is 2.42. The highest BCUT2D eigenvalue weighted by Crippen LogP contribution is 2.13. The van der Waals surface area contributed by atoms with Gasteiger partial charge >= 0.3 is 0 Å². The number of pyridine rings is 1. The molecular formula is C8H7IN2. The number of hydrogen-bond donors (Lipinski definition) is 0. The second kappa shape index (κ2) is 2.48. The van der Waals surface area contributed by atoms with Gasteiger partial charge in [0.1, 0.15) is 0 Å². The average molecular weight is 258 g/mol. The number of nitrogens with zero attached hydrogens (tertiary/aromatic N) is 2. The van der Waals surface area contributed by atoms with Crippen LogP contribution in [0.25, 0.3) is 5.52 Å². The maximum Gasteiger partial charge on any atom is 0.0672 e. The van der Waals surface area contributed by atoms with E-state index in [2.05, 4.69) is 40.7 Å². The van der Waals surface area contributed by atoms with Gasteiger partial charge < -0.3 is 0 Å². The van der Waals surface area contributed by atoms with Crippen LogP contribution in [-0.4, -0.2) is 9.61 Å². The third kappa shape index (κ3) is 1.13. The molecule has 0 aliphatic rings. The van der Waals surface area contributed by atoms with Gasteiger partial charge in [-0.25, -0.2) is 4.52 Å². The van der Waals surface area contributed by atoms with Gasteiger partial charge in [-0.15, -0.1) is 0 Å². The lowest BCUT2D eigenvalue weighted by atomic mass is 10.3. The lowest BCUT2D eigenvalue weighted by molar-refractivity contribution is 0.949. The minimum atomic E-state index is 1.15. The Bertz CT molecular complexity index is 356. The first-order valence-electron chi connectivity index (χ1n) is 3.37. The van der Waals surface area contributed by atoms with Gasteiger partial charge in [-0.05, 0) is 47.2 Å². The summed E-state index contributed by atoms with van der Waals surface area (Å²) in [6.45, 7) is 2.09. The van der Waals surface area contributed by atoms with Gasteiger partial charge in [0.2, 0.25) is 0 Å². The van der Waals surface area contributed by atoms with E-state index in [1.807, 2.05) is 23.0 Å². The molecule has 0 spiro atoms. The summed E-state index contributed by atoms with van der Waals surface area (Å²) in [6.07, 6.45) is 3.85. The van der Waals surface area contributed by atoms with Crippen molar-refractivity contribution in [1.29, 1.82) is 0 Å². The minimum Gasteiger partial charge on any atom is -0.241 e. The molecule has 0 aliphatic heterocycles. The summed E-state index contributed by atoms with van der Waals surface area (Å²) >= 11 is 2.33. The van der Waals surface area contributed by atoms with E-state index >= 15 is 0 Å². The molecule has 0 aromatic carbocycles. The van der Waals surface area contributed by atoms with Crippen LogP contribution in [0.3, 0.4) is 0 Å². The van der Waals surface area contributed by atoms with Crippen molar-refractivity contribution in [3.8, 4) is 0 Å². The summed E-state index contributed by atoms with van der Waals surface area (Å²) in [7, 11) is 0. The van der Waals surface area contributed by atoms with Crippen molar-refractivity contribution >= 4 is 28.1 Å². The summed E-state index contributed by atoms with van der Waals surface area (Å²) < 4.78 is 3.17. The summed E-state index contributed by atoms with van der Waals surface area (Å²) in [6, 6.07) is 4.13. The second-order valence-electron chi connectivity index (χ2n) is 2.51. The zero-order chi connectivity index (χ0) is 7.84. The van der Waals surface area contributed by atoms with Crippen LogP contribution in [0.15, 0.2) is 24.5 Å². The van der Waals surface area contributed by atoms with Gasteiger partial charge in [0.05, 0.1) is 5.52 Å². The fourth-order valence-electron chi connectivity index (χ4n) is 1.04. The molecule has 0 fully saturated rings. The van der Waals surface area contributed by atoms with Crippen molar-refractivity contribution in [2.24, 2.45) is 0 Å². The molecule has 0 radical (unpaired) electrons. The first-order chi connectivity index (χ1) is 5.27. The van der Waals surface area contributed by atoms with Gasteiger partial charge in [0, 0.05) is 16.0 Å². The molecular weight excluding hydrogens is 251 g/mol. The maximum absolute atomic E-state index is 4.13. The Morgan fingerprint density at radius 3 is 3.18 bits per heavy atom. The highest BCUT2D eigenvalue weighted by Gasteiger charge is 1.97. The van der Waals surface area contributed by atoms with Gasteiger partial charge in [-0.2, -0.15) is 5.10 Å². The molecule has 0 aliphatic carbocycles. The molecule has 2 aromatic rings. The van der Waals surface area contributed by atoms with E-state index in [4.69, 9.17) is 0 Å². The van der Waals surface area contributed by atoms with Crippen molar-refractivity contribution in [3.63, 3.8) is 0 Å². The van der Waals surface area contributed by atoms with E-state index in [9.17, 15) is 0 Å². The Morgan fingerprint density at radius 2 is 2.36 bits per heavy atom. The Hall–Kier alpha value is -0.580. The molecule has 0 N–H and O–H groups in total. The highest BCUT2D eigenvalue weighted by atomic mass is 127. The lowest BCUT2D eigenvalue weighted by Gasteiger charge is -1.98. The van der Waals surface area contributed by atoms with E-state index < -0.39 is 0 Å². The van der Waals surface area contributed by atoms with E-state index in [1.165, 1.54) is 9.13 Å². The van der Waals surface area contributed by atoms with E-state index in [0.29, 0.717) is 0 Å². The Kier molecular flexibility index (Phi) is 1.60. The van der Waals surface area contributed by atoms with Crippen molar-refractivity contribution < 1.29 is 0 Å². The standard InChI is InChI=1S/C8H7IN2/c1-6-5-11-7(2-3-10-11)4-8(6)9/h2-5H,1H3. The summed E-state index contributed by atoms with van der Waals surface area (Å²) in [4.78, 5) is 0. The smallest absolute Gasteiger partial charge is 0.0672 e. The number of hydrogen-bond acceptors (Lipinski definition) is 1. The van der Waals surface area contributed by atoms with Crippen LogP contribution in [-0.2, 0) is 0 Å². The van der Waals surface area contributed by atoms with E-state index in [1.54, 1.807) is 0 Å². The van der Waals surface area contributed by atoms with Crippen molar-refractivity contribution in [1.82, 2.24) is 9.61 Å². The summed E-state index contributed by atoms with van der Waals surface area (Å²) in [5, 5.41) is 4.13. The predicted octanol–water partition coefficient (Wildman–Crippen LogP) is 2.25. The van der Waals surface area contributed by atoms with Crippen molar-refractivity contribution in [2.75, 3.05) is 0 Å². The minimum absolute atomic E-state index is 1.15. The molecule has 56 valence electrons. The van der Waals surface area contributed by atoms with Gasteiger partial charge in [0.15, 0.2) is 0 Å². The van der Waals surface area contributed by atoms with Crippen LogP contribution >= 0.6 is 22.6 Å². The summed E-state index contributed by atoms with van der Waals surface area (Å²) in [5.74, 6) is 0. The number of aryl methyl sites for hydroxylation is 1. The molecule has 2 nitrogen and oxygen atoms in total. The molecule has 0 unspecified atom stereocenters. The maximum atomic E-state index is 4.13. The molecule has 2 rings (SSSR count). The SMILES string of the molecule is Cc1cn2nccc2cc1I. The Morgan fingerprint density at radius 1 is 1.55 bits per heavy atom. The monoisotopic (exact) mass is 258 g/mol. The Balaban J connectivity index is 2.86. The Labute approximate surface area is 78.4 Å². The van der Waals surface area contributed by atoms with Crippen LogP contribution in [0.5, 0.6) is 0 Å².